The molecule has 0 saturated heterocycles. The van der Waals surface area contributed by atoms with Crippen molar-refractivity contribution in [1.82, 2.24) is 15.5 Å². The first-order chi connectivity index (χ1) is 15.9. The molecular weight excluding hydrogens is 438 g/mol. The van der Waals surface area contributed by atoms with Gasteiger partial charge in [-0.05, 0) is 51.3 Å². The first kappa shape index (κ1) is 22.7. The van der Waals surface area contributed by atoms with Crippen molar-refractivity contribution in [3.05, 3.63) is 69.0 Å². The number of rotatable bonds is 8. The van der Waals surface area contributed by atoms with E-state index in [1.54, 1.807) is 24.3 Å². The molecule has 7 nitrogen and oxygen atoms in total. The monoisotopic (exact) mass is 463 g/mol. The maximum absolute atomic E-state index is 12.9. The number of amides is 1. The average Bonchev–Trinajstić information content (AvgIpc) is 3.36. The van der Waals surface area contributed by atoms with Crippen molar-refractivity contribution in [2.45, 2.75) is 33.6 Å². The van der Waals surface area contributed by atoms with E-state index in [2.05, 4.69) is 27.6 Å². The molecule has 4 rings (SSSR count). The van der Waals surface area contributed by atoms with Gasteiger partial charge in [-0.3, -0.25) is 4.79 Å². The van der Waals surface area contributed by atoms with E-state index in [1.807, 2.05) is 38.1 Å². The fraction of sp³-hybridized carbons (Fsp3) is 0.280. The zero-order valence-corrected chi connectivity index (χ0v) is 19.6. The smallest absolute Gasteiger partial charge is 0.339 e. The standard InChI is InChI=1S/C25H25N3O4S/c1-15-12-19(17(3)33-15)21-13-20(23-16(2)28-32-24(23)27-21)25(30)31-14-22(29)26-11-7-10-18-8-5-4-6-9-18/h4-6,8-9,12-13H,7,10-11,14H2,1-3H3,(H,26,29). The van der Waals surface area contributed by atoms with Crippen LogP contribution >= 0.6 is 11.3 Å². The molecule has 33 heavy (non-hydrogen) atoms. The predicted molar refractivity (Wildman–Crippen MR) is 127 cm³/mol. The molecule has 0 aliphatic carbocycles. The minimum absolute atomic E-state index is 0.269. The summed E-state index contributed by atoms with van der Waals surface area (Å²) in [6, 6.07) is 13.8. The fourth-order valence-corrected chi connectivity index (χ4v) is 4.64. The van der Waals surface area contributed by atoms with Gasteiger partial charge in [-0.15, -0.1) is 11.3 Å². The van der Waals surface area contributed by atoms with Crippen molar-refractivity contribution >= 4 is 34.3 Å². The summed E-state index contributed by atoms with van der Waals surface area (Å²) in [6.07, 6.45) is 1.67. The van der Waals surface area contributed by atoms with Crippen LogP contribution in [0.5, 0.6) is 0 Å². The Morgan fingerprint density at radius 1 is 1.12 bits per heavy atom. The zero-order chi connectivity index (χ0) is 23.4. The number of fused-ring (bicyclic) bond motifs is 1. The molecule has 8 heteroatoms. The molecule has 1 aromatic carbocycles. The Labute approximate surface area is 195 Å². The number of hydrogen-bond acceptors (Lipinski definition) is 7. The van der Waals surface area contributed by atoms with Gasteiger partial charge in [0, 0.05) is 21.9 Å². The molecule has 3 heterocycles. The van der Waals surface area contributed by atoms with E-state index in [-0.39, 0.29) is 23.8 Å². The van der Waals surface area contributed by atoms with Crippen LogP contribution in [0.25, 0.3) is 22.4 Å². The van der Waals surface area contributed by atoms with E-state index in [0.717, 1.165) is 28.2 Å². The number of carbonyl (C=O) groups excluding carboxylic acids is 2. The van der Waals surface area contributed by atoms with E-state index in [1.165, 1.54) is 5.56 Å². The molecule has 0 spiro atoms. The van der Waals surface area contributed by atoms with Gasteiger partial charge in [0.25, 0.3) is 11.6 Å². The molecule has 0 aliphatic rings. The maximum Gasteiger partial charge on any atom is 0.339 e. The summed E-state index contributed by atoms with van der Waals surface area (Å²) in [4.78, 5) is 31.9. The van der Waals surface area contributed by atoms with Crippen LogP contribution in [-0.4, -0.2) is 35.2 Å². The number of aromatic nitrogens is 2. The Kier molecular flexibility index (Phi) is 6.84. The van der Waals surface area contributed by atoms with Gasteiger partial charge in [0.15, 0.2) is 6.61 Å². The Morgan fingerprint density at radius 2 is 1.91 bits per heavy atom. The minimum atomic E-state index is -0.612. The fourth-order valence-electron chi connectivity index (χ4n) is 3.70. The third-order valence-corrected chi connectivity index (χ3v) is 6.26. The Hall–Kier alpha value is -3.52. The largest absolute Gasteiger partial charge is 0.452 e. The van der Waals surface area contributed by atoms with Crippen LogP contribution < -0.4 is 5.32 Å². The minimum Gasteiger partial charge on any atom is -0.452 e. The van der Waals surface area contributed by atoms with E-state index in [0.29, 0.717) is 23.3 Å². The lowest BCUT2D eigenvalue weighted by Gasteiger charge is -2.09. The Balaban J connectivity index is 1.41. The highest BCUT2D eigenvalue weighted by Gasteiger charge is 2.22. The van der Waals surface area contributed by atoms with Crippen molar-refractivity contribution < 1.29 is 18.8 Å². The van der Waals surface area contributed by atoms with Gasteiger partial charge < -0.3 is 14.6 Å². The third kappa shape index (κ3) is 5.28. The highest BCUT2D eigenvalue weighted by Crippen LogP contribution is 2.33. The number of aryl methyl sites for hydroxylation is 4. The molecule has 0 saturated carbocycles. The summed E-state index contributed by atoms with van der Waals surface area (Å²) in [7, 11) is 0. The van der Waals surface area contributed by atoms with Crippen LogP contribution in [-0.2, 0) is 16.0 Å². The number of hydrogen-bond donors (Lipinski definition) is 1. The number of nitrogens with one attached hydrogen (secondary N) is 1. The second kappa shape index (κ2) is 9.95. The summed E-state index contributed by atoms with van der Waals surface area (Å²) in [6.45, 7) is 5.92. The number of thiophene rings is 1. The van der Waals surface area contributed by atoms with Gasteiger partial charge in [0.05, 0.1) is 22.3 Å². The Bertz CT molecular complexity index is 1290. The van der Waals surface area contributed by atoms with Crippen LogP contribution in [0.4, 0.5) is 0 Å². The lowest BCUT2D eigenvalue weighted by atomic mass is 10.1. The summed E-state index contributed by atoms with van der Waals surface area (Å²) >= 11 is 1.66. The number of nitrogens with zero attached hydrogens (tertiary/aromatic N) is 2. The third-order valence-electron chi connectivity index (χ3n) is 5.30. The number of carbonyl (C=O) groups is 2. The molecule has 4 aromatic rings. The van der Waals surface area contributed by atoms with E-state index in [9.17, 15) is 9.59 Å². The topological polar surface area (TPSA) is 94.3 Å². The van der Waals surface area contributed by atoms with E-state index in [4.69, 9.17) is 9.26 Å². The van der Waals surface area contributed by atoms with Gasteiger partial charge >= 0.3 is 5.97 Å². The van der Waals surface area contributed by atoms with Gasteiger partial charge in [-0.25, -0.2) is 9.78 Å². The van der Waals surface area contributed by atoms with Gasteiger partial charge in [-0.2, -0.15) is 0 Å². The van der Waals surface area contributed by atoms with Gasteiger partial charge in [-0.1, -0.05) is 35.5 Å². The molecule has 0 atom stereocenters. The quantitative estimate of drug-likeness (QED) is 0.298. The van der Waals surface area contributed by atoms with Crippen molar-refractivity contribution in [3.8, 4) is 11.3 Å². The zero-order valence-electron chi connectivity index (χ0n) is 18.8. The first-order valence-corrected chi connectivity index (χ1v) is 11.6. The van der Waals surface area contributed by atoms with Crippen molar-refractivity contribution in [2.24, 2.45) is 0 Å². The molecule has 170 valence electrons. The number of esters is 1. The SMILES string of the molecule is Cc1cc(-c2cc(C(=O)OCC(=O)NCCCc3ccccc3)c3c(C)noc3n2)c(C)s1. The number of ether oxygens (including phenoxy) is 1. The molecule has 0 fully saturated rings. The molecule has 1 amide bonds. The van der Waals surface area contributed by atoms with Gasteiger partial charge in [0.2, 0.25) is 0 Å². The second-order valence-corrected chi connectivity index (χ2v) is 9.31. The molecule has 0 radical (unpaired) electrons. The molecule has 3 aromatic heterocycles. The van der Waals surface area contributed by atoms with Crippen LogP contribution in [0, 0.1) is 20.8 Å². The van der Waals surface area contributed by atoms with Crippen molar-refractivity contribution in [1.29, 1.82) is 0 Å². The van der Waals surface area contributed by atoms with Crippen molar-refractivity contribution in [3.63, 3.8) is 0 Å². The lowest BCUT2D eigenvalue weighted by molar-refractivity contribution is -0.124. The van der Waals surface area contributed by atoms with E-state index >= 15 is 0 Å². The normalized spacial score (nSPS) is 11.0. The highest BCUT2D eigenvalue weighted by molar-refractivity contribution is 7.12. The molecular formula is C25H25N3O4S. The summed E-state index contributed by atoms with van der Waals surface area (Å²) in [5.74, 6) is -0.952. The highest BCUT2D eigenvalue weighted by atomic mass is 32.1. The number of pyridine rings is 1. The van der Waals surface area contributed by atoms with Crippen LogP contribution in [0.15, 0.2) is 47.0 Å². The number of benzene rings is 1. The second-order valence-electron chi connectivity index (χ2n) is 7.85. The Morgan fingerprint density at radius 3 is 2.64 bits per heavy atom. The summed E-state index contributed by atoms with van der Waals surface area (Å²) in [5.41, 5.74) is 3.85. The maximum atomic E-state index is 12.9. The molecule has 0 bridgehead atoms. The van der Waals surface area contributed by atoms with Gasteiger partial charge in [0.1, 0.15) is 0 Å². The molecule has 0 unspecified atom stereocenters. The van der Waals surface area contributed by atoms with Crippen LogP contribution in [0.1, 0.15) is 37.8 Å². The van der Waals surface area contributed by atoms with Crippen molar-refractivity contribution in [2.75, 3.05) is 13.2 Å². The lowest BCUT2D eigenvalue weighted by Crippen LogP contribution is -2.29. The van der Waals surface area contributed by atoms with Crippen LogP contribution in [0.2, 0.25) is 0 Å². The average molecular weight is 464 g/mol. The predicted octanol–water partition coefficient (Wildman–Crippen LogP) is 4.78. The summed E-state index contributed by atoms with van der Waals surface area (Å²) in [5, 5.41) is 7.24. The first-order valence-electron chi connectivity index (χ1n) is 10.7. The molecule has 0 aliphatic heterocycles. The summed E-state index contributed by atoms with van der Waals surface area (Å²) < 4.78 is 10.6. The van der Waals surface area contributed by atoms with E-state index < -0.39 is 5.97 Å². The van der Waals surface area contributed by atoms with Crippen LogP contribution in [0.3, 0.4) is 0 Å². The molecule has 1 N–H and O–H groups in total.